The van der Waals surface area contributed by atoms with Crippen LogP contribution in [0.25, 0.3) is 0 Å². The van der Waals surface area contributed by atoms with Crippen molar-refractivity contribution in [2.24, 2.45) is 0 Å². The molecule has 0 radical (unpaired) electrons. The maximum absolute atomic E-state index is 3.74. The second-order valence-electron chi connectivity index (χ2n) is 5.42. The molecule has 0 unspecified atom stereocenters. The van der Waals surface area contributed by atoms with Gasteiger partial charge in [0.05, 0.1) is 0 Å². The number of hydrogen-bond acceptors (Lipinski definition) is 2. The van der Waals surface area contributed by atoms with Crippen LogP contribution in [0.2, 0.25) is 0 Å². The third-order valence-corrected chi connectivity index (χ3v) is 5.43. The summed E-state index contributed by atoms with van der Waals surface area (Å²) in [5, 5.41) is 4.73. The number of rotatable bonds is 5. The Hall–Kier alpha value is 0.310. The molecule has 2 heteroatoms. The lowest BCUT2D eigenvalue weighted by Gasteiger charge is -2.24. The molecule has 0 heterocycles. The molecule has 2 aliphatic carbocycles. The van der Waals surface area contributed by atoms with Crippen molar-refractivity contribution in [2.75, 3.05) is 12.3 Å². The van der Waals surface area contributed by atoms with Gasteiger partial charge in [-0.1, -0.05) is 38.5 Å². The predicted molar refractivity (Wildman–Crippen MR) is 74.2 cm³/mol. The molecule has 2 fully saturated rings. The van der Waals surface area contributed by atoms with E-state index in [0.29, 0.717) is 0 Å². The van der Waals surface area contributed by atoms with Crippen molar-refractivity contribution in [3.63, 3.8) is 0 Å². The largest absolute Gasteiger partial charge is 0.313 e. The smallest absolute Gasteiger partial charge is 0.00673 e. The Morgan fingerprint density at radius 1 is 0.812 bits per heavy atom. The molecule has 94 valence electrons. The Morgan fingerprint density at radius 3 is 2.12 bits per heavy atom. The molecule has 2 rings (SSSR count). The summed E-state index contributed by atoms with van der Waals surface area (Å²) < 4.78 is 0. The van der Waals surface area contributed by atoms with E-state index in [0.717, 1.165) is 11.3 Å². The van der Waals surface area contributed by atoms with E-state index in [2.05, 4.69) is 17.1 Å². The summed E-state index contributed by atoms with van der Waals surface area (Å²) >= 11 is 2.22. The highest BCUT2D eigenvalue weighted by Gasteiger charge is 2.14. The second-order valence-corrected chi connectivity index (χ2v) is 6.83. The topological polar surface area (TPSA) is 12.0 Å². The van der Waals surface area contributed by atoms with E-state index < -0.39 is 0 Å². The van der Waals surface area contributed by atoms with Gasteiger partial charge >= 0.3 is 0 Å². The maximum Gasteiger partial charge on any atom is 0.00673 e. The average molecular weight is 241 g/mol. The molecular weight excluding hydrogens is 214 g/mol. The first-order chi connectivity index (χ1) is 7.95. The Labute approximate surface area is 105 Å². The highest BCUT2D eigenvalue weighted by atomic mass is 32.2. The van der Waals surface area contributed by atoms with Crippen molar-refractivity contribution >= 4 is 11.8 Å². The number of nitrogens with one attached hydrogen (secondary N) is 1. The highest BCUT2D eigenvalue weighted by molar-refractivity contribution is 7.99. The third-order valence-electron chi connectivity index (χ3n) is 4.05. The van der Waals surface area contributed by atoms with Gasteiger partial charge in [-0.3, -0.25) is 0 Å². The van der Waals surface area contributed by atoms with E-state index in [1.165, 1.54) is 76.5 Å². The average Bonchev–Trinajstić information content (AvgIpc) is 2.37. The number of hydrogen-bond donors (Lipinski definition) is 1. The van der Waals surface area contributed by atoms with Crippen LogP contribution in [0.15, 0.2) is 0 Å². The van der Waals surface area contributed by atoms with Gasteiger partial charge in [0.25, 0.3) is 0 Å². The Kier molecular flexibility index (Phi) is 6.06. The normalized spacial score (nSPS) is 24.8. The molecule has 0 spiro atoms. The second kappa shape index (κ2) is 7.60. The van der Waals surface area contributed by atoms with Gasteiger partial charge in [0.15, 0.2) is 0 Å². The minimum Gasteiger partial charge on any atom is -0.313 e. The lowest BCUT2D eigenvalue weighted by Crippen LogP contribution is -2.32. The lowest BCUT2D eigenvalue weighted by molar-refractivity contribution is 0.381. The first-order valence-corrected chi connectivity index (χ1v) is 8.35. The summed E-state index contributed by atoms with van der Waals surface area (Å²) in [4.78, 5) is 0. The van der Waals surface area contributed by atoms with E-state index in [1.807, 2.05) is 0 Å². The van der Waals surface area contributed by atoms with Crippen molar-refractivity contribution in [3.8, 4) is 0 Å². The minimum absolute atomic E-state index is 0.848. The summed E-state index contributed by atoms with van der Waals surface area (Å²) in [6, 6.07) is 0.848. The van der Waals surface area contributed by atoms with Crippen molar-refractivity contribution in [2.45, 2.75) is 75.5 Å². The molecule has 1 N–H and O–H groups in total. The van der Waals surface area contributed by atoms with Crippen molar-refractivity contribution < 1.29 is 0 Å². The summed E-state index contributed by atoms with van der Waals surface area (Å²) in [5.74, 6) is 1.33. The SMILES string of the molecule is C1CCC(NCCSC2CCCCC2)CC1. The van der Waals surface area contributed by atoms with Gasteiger partial charge in [-0.05, 0) is 25.7 Å². The zero-order valence-electron chi connectivity index (χ0n) is 10.5. The Balaban J connectivity index is 1.47. The molecular formula is C14H27NS. The van der Waals surface area contributed by atoms with Crippen molar-refractivity contribution in [3.05, 3.63) is 0 Å². The molecule has 2 aliphatic rings. The van der Waals surface area contributed by atoms with Gasteiger partial charge in [0, 0.05) is 23.6 Å². The lowest BCUT2D eigenvalue weighted by atomic mass is 9.96. The Morgan fingerprint density at radius 2 is 1.44 bits per heavy atom. The Bertz CT molecular complexity index is 152. The highest BCUT2D eigenvalue weighted by Crippen LogP contribution is 2.27. The molecule has 0 aliphatic heterocycles. The van der Waals surface area contributed by atoms with Crippen molar-refractivity contribution in [1.29, 1.82) is 0 Å². The zero-order valence-corrected chi connectivity index (χ0v) is 11.4. The first kappa shape index (κ1) is 12.8. The maximum atomic E-state index is 3.74. The quantitative estimate of drug-likeness (QED) is 0.731. The van der Waals surface area contributed by atoms with Crippen LogP contribution in [0.4, 0.5) is 0 Å². The zero-order chi connectivity index (χ0) is 11.1. The van der Waals surface area contributed by atoms with Gasteiger partial charge in [-0.2, -0.15) is 11.8 Å². The van der Waals surface area contributed by atoms with Crippen LogP contribution in [0.1, 0.15) is 64.2 Å². The fourth-order valence-electron chi connectivity index (χ4n) is 3.03. The minimum atomic E-state index is 0.848. The molecule has 1 nitrogen and oxygen atoms in total. The predicted octanol–water partition coefficient (Wildman–Crippen LogP) is 3.97. The molecule has 16 heavy (non-hydrogen) atoms. The van der Waals surface area contributed by atoms with E-state index in [4.69, 9.17) is 0 Å². The van der Waals surface area contributed by atoms with E-state index in [-0.39, 0.29) is 0 Å². The van der Waals surface area contributed by atoms with Gasteiger partial charge < -0.3 is 5.32 Å². The summed E-state index contributed by atoms with van der Waals surface area (Å²) in [5.41, 5.74) is 0. The van der Waals surface area contributed by atoms with E-state index in [1.54, 1.807) is 0 Å². The van der Waals surface area contributed by atoms with Crippen LogP contribution in [-0.2, 0) is 0 Å². The fraction of sp³-hybridized carbons (Fsp3) is 1.00. The molecule has 0 bridgehead atoms. The summed E-state index contributed by atoms with van der Waals surface area (Å²) in [6.45, 7) is 1.24. The molecule has 0 atom stereocenters. The first-order valence-electron chi connectivity index (χ1n) is 7.30. The van der Waals surface area contributed by atoms with Crippen LogP contribution in [0, 0.1) is 0 Å². The van der Waals surface area contributed by atoms with Crippen LogP contribution in [0.5, 0.6) is 0 Å². The van der Waals surface area contributed by atoms with Crippen molar-refractivity contribution in [1.82, 2.24) is 5.32 Å². The van der Waals surface area contributed by atoms with Crippen LogP contribution in [-0.4, -0.2) is 23.6 Å². The van der Waals surface area contributed by atoms with Gasteiger partial charge in [-0.25, -0.2) is 0 Å². The standard InChI is InChI=1S/C14H27NS/c1-3-7-13(8-4-1)15-11-12-16-14-9-5-2-6-10-14/h13-15H,1-12H2. The fourth-order valence-corrected chi connectivity index (χ4v) is 4.26. The van der Waals surface area contributed by atoms with Gasteiger partial charge in [0.1, 0.15) is 0 Å². The molecule has 0 amide bonds. The summed E-state index contributed by atoms with van der Waals surface area (Å²) in [7, 11) is 0. The molecule has 0 saturated heterocycles. The third kappa shape index (κ3) is 4.67. The molecule has 2 saturated carbocycles. The van der Waals surface area contributed by atoms with Gasteiger partial charge in [-0.15, -0.1) is 0 Å². The van der Waals surface area contributed by atoms with Crippen LogP contribution >= 0.6 is 11.8 Å². The molecule has 0 aromatic carbocycles. The summed E-state index contributed by atoms with van der Waals surface area (Å²) in [6.07, 6.45) is 14.6. The molecule has 0 aromatic rings. The number of thioether (sulfide) groups is 1. The van der Waals surface area contributed by atoms with E-state index in [9.17, 15) is 0 Å². The van der Waals surface area contributed by atoms with E-state index >= 15 is 0 Å². The van der Waals surface area contributed by atoms with Crippen LogP contribution in [0.3, 0.4) is 0 Å². The van der Waals surface area contributed by atoms with Gasteiger partial charge in [0.2, 0.25) is 0 Å². The monoisotopic (exact) mass is 241 g/mol. The molecule has 0 aromatic heterocycles. The van der Waals surface area contributed by atoms with Crippen LogP contribution < -0.4 is 5.32 Å².